The molecule has 0 aliphatic heterocycles. The molecule has 1 aromatic rings. The molecule has 1 heterocycles. The van der Waals surface area contributed by atoms with Gasteiger partial charge in [0.25, 0.3) is 0 Å². The van der Waals surface area contributed by atoms with Gasteiger partial charge in [-0.1, -0.05) is 19.3 Å². The van der Waals surface area contributed by atoms with E-state index < -0.39 is 0 Å². The second-order valence-electron chi connectivity index (χ2n) is 4.95. The van der Waals surface area contributed by atoms with E-state index in [0.717, 1.165) is 17.4 Å². The Kier molecular flexibility index (Phi) is 5.19. The van der Waals surface area contributed by atoms with Gasteiger partial charge in [-0.15, -0.1) is 11.3 Å². The molecule has 0 N–H and O–H groups in total. The number of thiazole rings is 1. The second-order valence-corrected chi connectivity index (χ2v) is 5.79. The van der Waals surface area contributed by atoms with Gasteiger partial charge in [0.2, 0.25) is 0 Å². The summed E-state index contributed by atoms with van der Waals surface area (Å²) in [4.78, 5) is 18.2. The lowest BCUT2D eigenvalue weighted by Crippen LogP contribution is -2.36. The predicted octanol–water partition coefficient (Wildman–Crippen LogP) is 3.02. The number of anilines is 1. The molecule has 106 valence electrons. The third-order valence-corrected chi connectivity index (χ3v) is 4.62. The van der Waals surface area contributed by atoms with Gasteiger partial charge in [0.15, 0.2) is 5.13 Å². The number of esters is 1. The third kappa shape index (κ3) is 3.69. The molecule has 1 fully saturated rings. The molecule has 0 aromatic carbocycles. The first-order valence-corrected chi connectivity index (χ1v) is 7.90. The minimum absolute atomic E-state index is 0.224. The maximum atomic E-state index is 11.3. The van der Waals surface area contributed by atoms with Crippen molar-refractivity contribution in [3.63, 3.8) is 0 Å². The van der Waals surface area contributed by atoms with Gasteiger partial charge in [-0.05, 0) is 19.8 Å². The van der Waals surface area contributed by atoms with E-state index in [0.29, 0.717) is 6.04 Å². The summed E-state index contributed by atoms with van der Waals surface area (Å²) >= 11 is 1.64. The molecular weight excluding hydrogens is 260 g/mol. The molecule has 2 rings (SSSR count). The first-order chi connectivity index (χ1) is 9.24. The SMILES string of the molecule is CCN(c1nc(CC(=O)OC)cs1)C1CCCCC1. The maximum Gasteiger partial charge on any atom is 0.311 e. The Labute approximate surface area is 118 Å². The molecule has 0 unspecified atom stereocenters. The van der Waals surface area contributed by atoms with Crippen LogP contribution in [0.2, 0.25) is 0 Å². The molecule has 0 radical (unpaired) electrons. The van der Waals surface area contributed by atoms with Gasteiger partial charge < -0.3 is 9.64 Å². The number of nitrogens with zero attached hydrogens (tertiary/aromatic N) is 2. The molecule has 0 saturated heterocycles. The van der Waals surface area contributed by atoms with Crippen LogP contribution < -0.4 is 4.90 Å². The fourth-order valence-corrected chi connectivity index (χ4v) is 3.63. The number of rotatable bonds is 5. The highest BCUT2D eigenvalue weighted by Crippen LogP contribution is 2.29. The highest BCUT2D eigenvalue weighted by atomic mass is 32.1. The van der Waals surface area contributed by atoms with Crippen molar-refractivity contribution in [3.8, 4) is 0 Å². The van der Waals surface area contributed by atoms with Crippen LogP contribution >= 0.6 is 11.3 Å². The largest absolute Gasteiger partial charge is 0.469 e. The van der Waals surface area contributed by atoms with Crippen molar-refractivity contribution in [2.24, 2.45) is 0 Å². The van der Waals surface area contributed by atoms with Gasteiger partial charge in [0.1, 0.15) is 0 Å². The van der Waals surface area contributed by atoms with Crippen molar-refractivity contribution in [1.82, 2.24) is 4.98 Å². The molecule has 0 amide bonds. The van der Waals surface area contributed by atoms with Crippen molar-refractivity contribution in [2.45, 2.75) is 51.5 Å². The fraction of sp³-hybridized carbons (Fsp3) is 0.714. The predicted molar refractivity (Wildman–Crippen MR) is 77.7 cm³/mol. The van der Waals surface area contributed by atoms with E-state index in [9.17, 15) is 4.79 Å². The zero-order valence-corrected chi connectivity index (χ0v) is 12.5. The molecule has 1 saturated carbocycles. The highest BCUT2D eigenvalue weighted by molar-refractivity contribution is 7.13. The number of hydrogen-bond donors (Lipinski definition) is 0. The summed E-state index contributed by atoms with van der Waals surface area (Å²) in [5.41, 5.74) is 0.820. The molecule has 4 nitrogen and oxygen atoms in total. The number of carbonyl (C=O) groups excluding carboxylic acids is 1. The van der Waals surface area contributed by atoms with Crippen molar-refractivity contribution in [1.29, 1.82) is 0 Å². The Hall–Kier alpha value is -1.10. The molecule has 1 aliphatic carbocycles. The van der Waals surface area contributed by atoms with Crippen molar-refractivity contribution in [2.75, 3.05) is 18.6 Å². The van der Waals surface area contributed by atoms with E-state index in [4.69, 9.17) is 0 Å². The van der Waals surface area contributed by atoms with Crippen molar-refractivity contribution >= 4 is 22.4 Å². The van der Waals surface area contributed by atoms with Crippen LogP contribution in [0.4, 0.5) is 5.13 Å². The number of hydrogen-bond acceptors (Lipinski definition) is 5. The standard InChI is InChI=1S/C14H22N2O2S/c1-3-16(12-7-5-4-6-8-12)14-15-11(10-19-14)9-13(17)18-2/h10,12H,3-9H2,1-2H3. The molecule has 1 aromatic heterocycles. The average Bonchev–Trinajstić information content (AvgIpc) is 2.89. The van der Waals surface area contributed by atoms with Crippen LogP contribution in [0, 0.1) is 0 Å². The topological polar surface area (TPSA) is 42.4 Å². The van der Waals surface area contributed by atoms with E-state index in [1.165, 1.54) is 39.2 Å². The van der Waals surface area contributed by atoms with E-state index in [1.54, 1.807) is 11.3 Å². The monoisotopic (exact) mass is 282 g/mol. The van der Waals surface area contributed by atoms with E-state index in [1.807, 2.05) is 5.38 Å². The molecule has 19 heavy (non-hydrogen) atoms. The van der Waals surface area contributed by atoms with Crippen LogP contribution in [0.1, 0.15) is 44.7 Å². The van der Waals surface area contributed by atoms with Gasteiger partial charge >= 0.3 is 5.97 Å². The Morgan fingerprint density at radius 1 is 1.47 bits per heavy atom. The van der Waals surface area contributed by atoms with Crippen LogP contribution in [0.25, 0.3) is 0 Å². The van der Waals surface area contributed by atoms with Gasteiger partial charge in [-0.2, -0.15) is 0 Å². The lowest BCUT2D eigenvalue weighted by Gasteiger charge is -2.33. The summed E-state index contributed by atoms with van der Waals surface area (Å²) in [6.45, 7) is 3.16. The molecule has 5 heteroatoms. The van der Waals surface area contributed by atoms with Crippen LogP contribution in [0.5, 0.6) is 0 Å². The molecule has 0 spiro atoms. The highest BCUT2D eigenvalue weighted by Gasteiger charge is 2.22. The van der Waals surface area contributed by atoms with Crippen molar-refractivity contribution in [3.05, 3.63) is 11.1 Å². The van der Waals surface area contributed by atoms with E-state index in [-0.39, 0.29) is 12.4 Å². The Morgan fingerprint density at radius 3 is 2.84 bits per heavy atom. The van der Waals surface area contributed by atoms with Gasteiger partial charge in [0, 0.05) is 18.0 Å². The summed E-state index contributed by atoms with van der Waals surface area (Å²) in [7, 11) is 1.41. The van der Waals surface area contributed by atoms with Gasteiger partial charge in [0.05, 0.1) is 19.2 Å². The summed E-state index contributed by atoms with van der Waals surface area (Å²) < 4.78 is 4.68. The molecule has 0 bridgehead atoms. The average molecular weight is 282 g/mol. The zero-order chi connectivity index (χ0) is 13.7. The Balaban J connectivity index is 2.03. The molecule has 1 aliphatic rings. The minimum atomic E-state index is -0.224. The summed E-state index contributed by atoms with van der Waals surface area (Å²) in [5, 5.41) is 3.02. The first-order valence-electron chi connectivity index (χ1n) is 7.02. The first kappa shape index (κ1) is 14.3. The number of ether oxygens (including phenoxy) is 1. The van der Waals surface area contributed by atoms with Gasteiger partial charge in [-0.3, -0.25) is 4.79 Å². The minimum Gasteiger partial charge on any atom is -0.469 e. The quantitative estimate of drug-likeness (QED) is 0.779. The number of carbonyl (C=O) groups is 1. The maximum absolute atomic E-state index is 11.3. The van der Waals surface area contributed by atoms with Gasteiger partial charge in [-0.25, -0.2) is 4.98 Å². The second kappa shape index (κ2) is 6.89. The number of aromatic nitrogens is 1. The van der Waals surface area contributed by atoms with E-state index >= 15 is 0 Å². The van der Waals surface area contributed by atoms with E-state index in [2.05, 4.69) is 21.5 Å². The third-order valence-electron chi connectivity index (χ3n) is 3.69. The van der Waals surface area contributed by atoms with Crippen LogP contribution in [0.15, 0.2) is 5.38 Å². The van der Waals surface area contributed by atoms with Crippen molar-refractivity contribution < 1.29 is 9.53 Å². The fourth-order valence-electron chi connectivity index (χ4n) is 2.67. The Morgan fingerprint density at radius 2 is 2.21 bits per heavy atom. The van der Waals surface area contributed by atoms with Crippen LogP contribution in [-0.4, -0.2) is 30.6 Å². The lowest BCUT2D eigenvalue weighted by molar-refractivity contribution is -0.139. The smallest absolute Gasteiger partial charge is 0.311 e. The summed E-state index contributed by atoms with van der Waals surface area (Å²) in [6.07, 6.45) is 6.80. The zero-order valence-electron chi connectivity index (χ0n) is 11.7. The molecular formula is C14H22N2O2S. The Bertz CT molecular complexity index is 413. The summed E-state index contributed by atoms with van der Waals surface area (Å²) in [5.74, 6) is -0.224. The normalized spacial score (nSPS) is 16.3. The van der Waals surface area contributed by atoms with Crippen LogP contribution in [0.3, 0.4) is 0 Å². The molecule has 0 atom stereocenters. The van der Waals surface area contributed by atoms with Crippen LogP contribution in [-0.2, 0) is 16.0 Å². The number of methoxy groups -OCH3 is 1. The summed E-state index contributed by atoms with van der Waals surface area (Å²) in [6, 6.07) is 0.621. The lowest BCUT2D eigenvalue weighted by atomic mass is 9.94.